The maximum Gasteiger partial charge on any atom is 0.303 e. The SMILES string of the molecule is CCCCC(CCCC)CNc1cccc(C(=O)c2cc(CCCC(=O)O)n(C)c2CC)c1. The molecule has 0 atom stereocenters. The molecule has 0 unspecified atom stereocenters. The van der Waals surface area contributed by atoms with Gasteiger partial charge in [0.05, 0.1) is 0 Å². The van der Waals surface area contributed by atoms with Crippen LogP contribution in [0, 0.1) is 5.92 Å². The summed E-state index contributed by atoms with van der Waals surface area (Å²) in [4.78, 5) is 24.3. The number of aliphatic carboxylic acids is 1. The Balaban J connectivity index is 2.14. The predicted octanol–water partition coefficient (Wildman–Crippen LogP) is 6.63. The average Bonchev–Trinajstić information content (AvgIpc) is 3.13. The fraction of sp³-hybridized carbons (Fsp3) is 0.571. The van der Waals surface area contributed by atoms with Crippen molar-refractivity contribution in [3.63, 3.8) is 0 Å². The Morgan fingerprint density at radius 2 is 1.73 bits per heavy atom. The molecule has 1 aromatic carbocycles. The van der Waals surface area contributed by atoms with E-state index < -0.39 is 5.97 Å². The number of aryl methyl sites for hydroxylation is 1. The number of anilines is 1. The van der Waals surface area contributed by atoms with Gasteiger partial charge >= 0.3 is 5.97 Å². The van der Waals surface area contributed by atoms with E-state index in [-0.39, 0.29) is 12.2 Å². The third-order valence-electron chi connectivity index (χ3n) is 6.51. The maximum atomic E-state index is 13.4. The van der Waals surface area contributed by atoms with Gasteiger partial charge in [-0.05, 0) is 56.2 Å². The highest BCUT2D eigenvalue weighted by atomic mass is 16.4. The first-order valence-corrected chi connectivity index (χ1v) is 12.7. The van der Waals surface area contributed by atoms with Gasteiger partial charge in [0.1, 0.15) is 0 Å². The molecule has 5 heteroatoms. The monoisotopic (exact) mass is 454 g/mol. The van der Waals surface area contributed by atoms with E-state index in [9.17, 15) is 9.59 Å². The highest BCUT2D eigenvalue weighted by Crippen LogP contribution is 2.23. The van der Waals surface area contributed by atoms with Gasteiger partial charge < -0.3 is 15.0 Å². The van der Waals surface area contributed by atoms with Gasteiger partial charge in [0.2, 0.25) is 0 Å². The number of unbranched alkanes of at least 4 members (excludes halogenated alkanes) is 2. The highest BCUT2D eigenvalue weighted by molar-refractivity contribution is 6.10. The van der Waals surface area contributed by atoms with Gasteiger partial charge in [-0.3, -0.25) is 9.59 Å². The summed E-state index contributed by atoms with van der Waals surface area (Å²) in [6, 6.07) is 9.79. The zero-order chi connectivity index (χ0) is 24.2. The Morgan fingerprint density at radius 3 is 2.33 bits per heavy atom. The van der Waals surface area contributed by atoms with Crippen LogP contribution < -0.4 is 5.32 Å². The number of carboxylic acid groups (broad SMARTS) is 1. The topological polar surface area (TPSA) is 71.3 Å². The molecule has 1 aromatic heterocycles. The summed E-state index contributed by atoms with van der Waals surface area (Å²) in [5.74, 6) is -0.0882. The van der Waals surface area contributed by atoms with Crippen molar-refractivity contribution in [3.8, 4) is 0 Å². The molecular formula is C28H42N2O3. The third kappa shape index (κ3) is 8.06. The quantitative estimate of drug-likeness (QED) is 0.279. The van der Waals surface area contributed by atoms with Crippen LogP contribution in [0.25, 0.3) is 0 Å². The maximum absolute atomic E-state index is 13.4. The molecule has 0 saturated heterocycles. The van der Waals surface area contributed by atoms with Crippen LogP contribution in [0.1, 0.15) is 99.4 Å². The number of hydrogen-bond donors (Lipinski definition) is 2. The number of aromatic nitrogens is 1. The van der Waals surface area contributed by atoms with E-state index in [1.807, 2.05) is 37.4 Å². The molecule has 2 aromatic rings. The molecule has 33 heavy (non-hydrogen) atoms. The molecule has 0 aliphatic carbocycles. The summed E-state index contributed by atoms with van der Waals surface area (Å²) >= 11 is 0. The van der Waals surface area contributed by atoms with Crippen molar-refractivity contribution in [2.45, 2.75) is 85.0 Å². The standard InChI is InChI=1S/C28H42N2O3/c1-5-8-12-21(13-9-6-2)20-29-23-15-10-14-22(18-23)28(33)25-19-24(16-11-17-27(31)32)30(4)26(25)7-3/h10,14-15,18-19,21,29H,5-9,11-13,16-17,20H2,1-4H3,(H,31,32). The number of carboxylic acids is 1. The number of rotatable bonds is 16. The Kier molecular flexibility index (Phi) is 11.2. The van der Waals surface area contributed by atoms with Crippen LogP contribution in [-0.2, 0) is 24.7 Å². The van der Waals surface area contributed by atoms with Crippen molar-refractivity contribution >= 4 is 17.4 Å². The van der Waals surface area contributed by atoms with Gasteiger partial charge in [-0.15, -0.1) is 0 Å². The van der Waals surface area contributed by atoms with Gasteiger partial charge in [0.15, 0.2) is 5.78 Å². The number of benzene rings is 1. The van der Waals surface area contributed by atoms with E-state index in [4.69, 9.17) is 5.11 Å². The second-order valence-corrected chi connectivity index (χ2v) is 9.10. The highest BCUT2D eigenvalue weighted by Gasteiger charge is 2.19. The fourth-order valence-corrected chi connectivity index (χ4v) is 4.51. The minimum Gasteiger partial charge on any atom is -0.481 e. The summed E-state index contributed by atoms with van der Waals surface area (Å²) < 4.78 is 2.06. The third-order valence-corrected chi connectivity index (χ3v) is 6.51. The van der Waals surface area contributed by atoms with Crippen molar-refractivity contribution in [1.82, 2.24) is 4.57 Å². The van der Waals surface area contributed by atoms with Crippen LogP contribution in [0.3, 0.4) is 0 Å². The number of carbonyl (C=O) groups excluding carboxylic acids is 1. The molecule has 5 nitrogen and oxygen atoms in total. The van der Waals surface area contributed by atoms with Crippen molar-refractivity contribution in [1.29, 1.82) is 0 Å². The molecule has 0 fully saturated rings. The molecule has 0 bridgehead atoms. The van der Waals surface area contributed by atoms with E-state index in [0.717, 1.165) is 35.6 Å². The summed E-state index contributed by atoms with van der Waals surface area (Å²) in [6.45, 7) is 7.48. The zero-order valence-corrected chi connectivity index (χ0v) is 21.0. The Labute approximate surface area is 199 Å². The average molecular weight is 455 g/mol. The van der Waals surface area contributed by atoms with Crippen LogP contribution in [-0.4, -0.2) is 28.0 Å². The lowest BCUT2D eigenvalue weighted by molar-refractivity contribution is -0.137. The fourth-order valence-electron chi connectivity index (χ4n) is 4.51. The van der Waals surface area contributed by atoms with Crippen molar-refractivity contribution < 1.29 is 14.7 Å². The zero-order valence-electron chi connectivity index (χ0n) is 21.0. The molecule has 0 amide bonds. The number of nitrogens with one attached hydrogen (secondary N) is 1. The van der Waals surface area contributed by atoms with Gasteiger partial charge in [-0.25, -0.2) is 0 Å². The molecule has 0 radical (unpaired) electrons. The van der Waals surface area contributed by atoms with Crippen LogP contribution in [0.5, 0.6) is 0 Å². The molecular weight excluding hydrogens is 412 g/mol. The van der Waals surface area contributed by atoms with Crippen LogP contribution >= 0.6 is 0 Å². The van der Waals surface area contributed by atoms with Crippen LogP contribution in [0.2, 0.25) is 0 Å². The molecule has 0 spiro atoms. The van der Waals surface area contributed by atoms with E-state index in [2.05, 4.69) is 30.7 Å². The van der Waals surface area contributed by atoms with Crippen LogP contribution in [0.15, 0.2) is 30.3 Å². The minimum absolute atomic E-state index is 0.0316. The van der Waals surface area contributed by atoms with Crippen molar-refractivity contribution in [2.24, 2.45) is 13.0 Å². The Morgan fingerprint density at radius 1 is 1.03 bits per heavy atom. The molecule has 182 valence electrons. The molecule has 2 rings (SSSR count). The second kappa shape index (κ2) is 13.9. The lowest BCUT2D eigenvalue weighted by Gasteiger charge is -2.18. The lowest BCUT2D eigenvalue weighted by atomic mass is 9.95. The first-order chi connectivity index (χ1) is 15.9. The van der Waals surface area contributed by atoms with Gasteiger partial charge in [0, 0.05) is 48.2 Å². The summed E-state index contributed by atoms with van der Waals surface area (Å²) in [5, 5.41) is 12.5. The van der Waals surface area contributed by atoms with E-state index in [1.165, 1.54) is 38.5 Å². The van der Waals surface area contributed by atoms with Crippen molar-refractivity contribution in [2.75, 3.05) is 11.9 Å². The van der Waals surface area contributed by atoms with Gasteiger partial charge in [-0.1, -0.05) is 58.6 Å². The number of nitrogens with zero attached hydrogens (tertiary/aromatic N) is 1. The number of hydrogen-bond acceptors (Lipinski definition) is 3. The molecule has 0 saturated carbocycles. The summed E-state index contributed by atoms with van der Waals surface area (Å²) in [6.07, 6.45) is 9.58. The first kappa shape index (κ1) is 26.7. The molecule has 2 N–H and O–H groups in total. The Hall–Kier alpha value is -2.56. The molecule has 0 aliphatic rings. The minimum atomic E-state index is -0.785. The predicted molar refractivity (Wildman–Crippen MR) is 136 cm³/mol. The molecule has 0 aliphatic heterocycles. The smallest absolute Gasteiger partial charge is 0.303 e. The summed E-state index contributed by atoms with van der Waals surface area (Å²) in [7, 11) is 1.97. The molecule has 1 heterocycles. The van der Waals surface area contributed by atoms with E-state index in [0.29, 0.717) is 24.3 Å². The van der Waals surface area contributed by atoms with E-state index in [1.54, 1.807) is 0 Å². The number of carbonyl (C=O) groups is 2. The first-order valence-electron chi connectivity index (χ1n) is 12.7. The largest absolute Gasteiger partial charge is 0.481 e. The van der Waals surface area contributed by atoms with E-state index >= 15 is 0 Å². The number of ketones is 1. The van der Waals surface area contributed by atoms with Gasteiger partial charge in [-0.2, -0.15) is 0 Å². The van der Waals surface area contributed by atoms with Gasteiger partial charge in [0.25, 0.3) is 0 Å². The lowest BCUT2D eigenvalue weighted by Crippen LogP contribution is -2.15. The second-order valence-electron chi connectivity index (χ2n) is 9.10. The van der Waals surface area contributed by atoms with Crippen molar-refractivity contribution in [3.05, 3.63) is 52.8 Å². The van der Waals surface area contributed by atoms with Crippen LogP contribution in [0.4, 0.5) is 5.69 Å². The Bertz CT molecular complexity index is 893. The normalized spacial score (nSPS) is 11.2. The summed E-state index contributed by atoms with van der Waals surface area (Å²) in [5.41, 5.74) is 4.43.